The predicted molar refractivity (Wildman–Crippen MR) is 77.7 cm³/mol. The summed E-state index contributed by atoms with van der Waals surface area (Å²) in [7, 11) is 0. The molecule has 1 fully saturated rings. The third-order valence-electron chi connectivity index (χ3n) is 3.08. The summed E-state index contributed by atoms with van der Waals surface area (Å²) in [5.41, 5.74) is 1.09. The van der Waals surface area contributed by atoms with Crippen molar-refractivity contribution in [1.29, 1.82) is 0 Å². The van der Waals surface area contributed by atoms with Crippen LogP contribution in [0.25, 0.3) is 0 Å². The summed E-state index contributed by atoms with van der Waals surface area (Å²) in [5.74, 6) is 0.0566. The summed E-state index contributed by atoms with van der Waals surface area (Å²) in [6, 6.07) is -0.0435. The third kappa shape index (κ3) is 3.67. The second kappa shape index (κ2) is 7.07. The normalized spacial score (nSPS) is 19.1. The average Bonchev–Trinajstić information content (AvgIpc) is 2.70. The SMILES string of the molecule is CCc1nc(NC(=O)C2CCCCN2)sc1C.Cl. The lowest BCUT2D eigenvalue weighted by atomic mass is 10.0. The van der Waals surface area contributed by atoms with Crippen molar-refractivity contribution in [2.45, 2.75) is 45.6 Å². The van der Waals surface area contributed by atoms with Crippen LogP contribution in [0, 0.1) is 6.92 Å². The van der Waals surface area contributed by atoms with Gasteiger partial charge in [-0.3, -0.25) is 4.79 Å². The van der Waals surface area contributed by atoms with E-state index in [1.165, 1.54) is 11.3 Å². The molecule has 2 N–H and O–H groups in total. The lowest BCUT2D eigenvalue weighted by Gasteiger charge is -2.21. The molecule has 1 aliphatic heterocycles. The number of carbonyl (C=O) groups excluding carboxylic acids is 1. The molecule has 1 aromatic rings. The van der Waals surface area contributed by atoms with Gasteiger partial charge in [-0.1, -0.05) is 13.3 Å². The monoisotopic (exact) mass is 289 g/mol. The van der Waals surface area contributed by atoms with Crippen molar-refractivity contribution in [3.8, 4) is 0 Å². The second-order valence-corrected chi connectivity index (χ2v) is 5.57. The first-order valence-electron chi connectivity index (χ1n) is 6.21. The molecule has 0 spiro atoms. The number of hydrogen-bond donors (Lipinski definition) is 2. The van der Waals surface area contributed by atoms with Gasteiger partial charge in [-0.05, 0) is 32.7 Å². The molecule has 18 heavy (non-hydrogen) atoms. The molecule has 1 atom stereocenters. The maximum absolute atomic E-state index is 12.0. The van der Waals surface area contributed by atoms with Crippen LogP contribution >= 0.6 is 23.7 Å². The van der Waals surface area contributed by atoms with E-state index in [1.54, 1.807) is 11.3 Å². The number of carbonyl (C=O) groups is 1. The number of thiazole rings is 1. The van der Waals surface area contributed by atoms with E-state index in [0.717, 1.165) is 36.6 Å². The number of aromatic nitrogens is 1. The number of nitrogens with zero attached hydrogens (tertiary/aromatic N) is 1. The number of hydrogen-bond acceptors (Lipinski definition) is 4. The topological polar surface area (TPSA) is 54.0 Å². The lowest BCUT2D eigenvalue weighted by Crippen LogP contribution is -2.43. The molecular weight excluding hydrogens is 270 g/mol. The number of rotatable bonds is 3. The van der Waals surface area contributed by atoms with E-state index in [1.807, 2.05) is 6.92 Å². The fraction of sp³-hybridized carbons (Fsp3) is 0.667. The number of anilines is 1. The van der Waals surface area contributed by atoms with Crippen molar-refractivity contribution in [2.75, 3.05) is 11.9 Å². The van der Waals surface area contributed by atoms with E-state index in [-0.39, 0.29) is 24.4 Å². The van der Waals surface area contributed by atoms with Crippen molar-refractivity contribution < 1.29 is 4.79 Å². The van der Waals surface area contributed by atoms with Crippen LogP contribution in [0.3, 0.4) is 0 Å². The highest BCUT2D eigenvalue weighted by Gasteiger charge is 2.21. The van der Waals surface area contributed by atoms with Gasteiger partial charge in [0.05, 0.1) is 11.7 Å². The summed E-state index contributed by atoms with van der Waals surface area (Å²) >= 11 is 1.56. The Hall–Kier alpha value is -0.650. The van der Waals surface area contributed by atoms with Gasteiger partial charge >= 0.3 is 0 Å². The van der Waals surface area contributed by atoms with E-state index < -0.39 is 0 Å². The standard InChI is InChI=1S/C12H19N3OS.ClH/c1-3-9-8(2)17-12(14-9)15-11(16)10-6-4-5-7-13-10;/h10,13H,3-7H2,1-2H3,(H,14,15,16);1H. The molecule has 2 heterocycles. The predicted octanol–water partition coefficient (Wildman–Crippen LogP) is 2.52. The summed E-state index contributed by atoms with van der Waals surface area (Å²) in [4.78, 5) is 17.6. The quantitative estimate of drug-likeness (QED) is 0.899. The van der Waals surface area contributed by atoms with Crippen LogP contribution in [-0.4, -0.2) is 23.5 Å². The van der Waals surface area contributed by atoms with Crippen LogP contribution in [0.4, 0.5) is 5.13 Å². The molecule has 6 heteroatoms. The molecule has 0 radical (unpaired) electrons. The van der Waals surface area contributed by atoms with E-state index in [4.69, 9.17) is 0 Å². The fourth-order valence-corrected chi connectivity index (χ4v) is 2.98. The Morgan fingerprint density at radius 1 is 1.56 bits per heavy atom. The first-order valence-corrected chi connectivity index (χ1v) is 7.03. The Bertz CT molecular complexity index is 402. The lowest BCUT2D eigenvalue weighted by molar-refractivity contribution is -0.118. The van der Waals surface area contributed by atoms with Crippen LogP contribution in [0.15, 0.2) is 0 Å². The Labute approximate surface area is 118 Å². The zero-order valence-electron chi connectivity index (χ0n) is 10.8. The summed E-state index contributed by atoms with van der Waals surface area (Å²) in [6.07, 6.45) is 4.14. The van der Waals surface area contributed by atoms with Crippen molar-refractivity contribution in [2.24, 2.45) is 0 Å². The van der Waals surface area contributed by atoms with E-state index in [2.05, 4.69) is 22.5 Å². The molecule has 102 valence electrons. The highest BCUT2D eigenvalue weighted by molar-refractivity contribution is 7.15. The minimum atomic E-state index is -0.0435. The molecule has 1 aromatic heterocycles. The van der Waals surface area contributed by atoms with Crippen molar-refractivity contribution in [1.82, 2.24) is 10.3 Å². The molecule has 1 saturated heterocycles. The van der Waals surface area contributed by atoms with E-state index in [9.17, 15) is 4.79 Å². The van der Waals surface area contributed by atoms with Gasteiger partial charge < -0.3 is 10.6 Å². The molecule has 1 aliphatic rings. The number of halogens is 1. The number of nitrogens with one attached hydrogen (secondary N) is 2. The third-order valence-corrected chi connectivity index (χ3v) is 4.01. The first kappa shape index (κ1) is 15.4. The molecule has 0 aliphatic carbocycles. The zero-order chi connectivity index (χ0) is 12.3. The second-order valence-electron chi connectivity index (χ2n) is 4.37. The number of amides is 1. The molecule has 4 nitrogen and oxygen atoms in total. The van der Waals surface area contributed by atoms with Crippen LogP contribution < -0.4 is 10.6 Å². The van der Waals surface area contributed by atoms with Gasteiger partial charge in [0, 0.05) is 4.88 Å². The van der Waals surface area contributed by atoms with Crippen molar-refractivity contribution >= 4 is 34.8 Å². The summed E-state index contributed by atoms with van der Waals surface area (Å²) < 4.78 is 0. The highest BCUT2D eigenvalue weighted by Crippen LogP contribution is 2.22. The Morgan fingerprint density at radius 2 is 2.33 bits per heavy atom. The molecule has 0 saturated carbocycles. The average molecular weight is 290 g/mol. The number of aryl methyl sites for hydroxylation is 2. The molecular formula is C12H20ClN3OS. The largest absolute Gasteiger partial charge is 0.306 e. The van der Waals surface area contributed by atoms with E-state index in [0.29, 0.717) is 0 Å². The Balaban J connectivity index is 0.00000162. The van der Waals surface area contributed by atoms with Crippen LogP contribution in [0.5, 0.6) is 0 Å². The van der Waals surface area contributed by atoms with Crippen molar-refractivity contribution in [3.63, 3.8) is 0 Å². The van der Waals surface area contributed by atoms with Gasteiger partial charge in [-0.15, -0.1) is 23.7 Å². The zero-order valence-corrected chi connectivity index (χ0v) is 12.4. The summed E-state index contributed by atoms with van der Waals surface area (Å²) in [6.45, 7) is 5.07. The Morgan fingerprint density at radius 3 is 2.89 bits per heavy atom. The van der Waals surface area contributed by atoms with Gasteiger partial charge in [0.2, 0.25) is 5.91 Å². The van der Waals surface area contributed by atoms with E-state index >= 15 is 0 Å². The van der Waals surface area contributed by atoms with Gasteiger partial charge in [-0.2, -0.15) is 0 Å². The summed E-state index contributed by atoms with van der Waals surface area (Å²) in [5, 5.41) is 6.89. The number of piperidine rings is 1. The minimum Gasteiger partial charge on any atom is -0.306 e. The van der Waals surface area contributed by atoms with Crippen LogP contribution in [-0.2, 0) is 11.2 Å². The molecule has 0 aromatic carbocycles. The van der Waals surface area contributed by atoms with Gasteiger partial charge in [0.15, 0.2) is 5.13 Å². The van der Waals surface area contributed by atoms with Crippen molar-refractivity contribution in [3.05, 3.63) is 10.6 Å². The smallest absolute Gasteiger partial charge is 0.243 e. The van der Waals surface area contributed by atoms with Gasteiger partial charge in [-0.25, -0.2) is 4.98 Å². The maximum Gasteiger partial charge on any atom is 0.243 e. The maximum atomic E-state index is 12.0. The first-order chi connectivity index (χ1) is 8.20. The minimum absolute atomic E-state index is 0. The molecule has 2 rings (SSSR count). The Kier molecular flexibility index (Phi) is 6.05. The molecule has 1 amide bonds. The molecule has 1 unspecified atom stereocenters. The van der Waals surface area contributed by atoms with Gasteiger partial charge in [0.1, 0.15) is 0 Å². The highest BCUT2D eigenvalue weighted by atomic mass is 35.5. The van der Waals surface area contributed by atoms with Crippen LogP contribution in [0.1, 0.15) is 36.8 Å². The fourth-order valence-electron chi connectivity index (χ4n) is 2.08. The van der Waals surface area contributed by atoms with Gasteiger partial charge in [0.25, 0.3) is 0 Å². The van der Waals surface area contributed by atoms with Crippen LogP contribution in [0.2, 0.25) is 0 Å². The molecule has 0 bridgehead atoms.